The smallest absolute Gasteiger partial charge is 0.352 e. The first-order valence-corrected chi connectivity index (χ1v) is 13.2. The van der Waals surface area contributed by atoms with Gasteiger partial charge in [-0.25, -0.2) is 4.98 Å². The molecule has 3 aromatic rings. The predicted molar refractivity (Wildman–Crippen MR) is 138 cm³/mol. The largest absolute Gasteiger partial charge is 0.416 e. The van der Waals surface area contributed by atoms with Crippen molar-refractivity contribution in [2.75, 3.05) is 37.6 Å². The monoisotopic (exact) mass is 513 g/mol. The number of fused-ring (bicyclic) bond motifs is 1. The summed E-state index contributed by atoms with van der Waals surface area (Å²) < 4.78 is 41.2. The second-order valence-electron chi connectivity index (χ2n) is 10.1. The number of likely N-dealkylation sites (tertiary alicyclic amines) is 1. The van der Waals surface area contributed by atoms with E-state index >= 15 is 0 Å². The highest BCUT2D eigenvalue weighted by Gasteiger charge is 2.31. The summed E-state index contributed by atoms with van der Waals surface area (Å²) in [6.07, 6.45) is 0.824. The molecule has 0 aliphatic carbocycles. The summed E-state index contributed by atoms with van der Waals surface area (Å²) in [4.78, 5) is 22.6. The number of rotatable bonds is 7. The van der Waals surface area contributed by atoms with Crippen molar-refractivity contribution in [2.45, 2.75) is 51.4 Å². The van der Waals surface area contributed by atoms with Crippen LogP contribution in [0.2, 0.25) is 0 Å². The number of benzene rings is 2. The molecule has 1 aromatic heterocycles. The van der Waals surface area contributed by atoms with E-state index < -0.39 is 11.7 Å². The molecule has 0 spiro atoms. The Morgan fingerprint density at radius 2 is 1.70 bits per heavy atom. The van der Waals surface area contributed by atoms with Gasteiger partial charge in [0, 0.05) is 38.6 Å². The number of nitrogens with zero attached hydrogens (tertiary/aromatic N) is 4. The summed E-state index contributed by atoms with van der Waals surface area (Å²) in [5.74, 6) is 0.699. The predicted octanol–water partition coefficient (Wildman–Crippen LogP) is 5.07. The highest BCUT2D eigenvalue weighted by molar-refractivity contribution is 5.80. The van der Waals surface area contributed by atoms with E-state index in [-0.39, 0.29) is 18.4 Å². The first-order valence-electron chi connectivity index (χ1n) is 13.2. The number of hydrogen-bond acceptors (Lipinski definition) is 4. The summed E-state index contributed by atoms with van der Waals surface area (Å²) in [6.45, 7) is 5.72. The molecule has 0 atom stereocenters. The number of alkyl halides is 3. The molecule has 37 heavy (non-hydrogen) atoms. The Morgan fingerprint density at radius 1 is 0.946 bits per heavy atom. The average Bonchev–Trinajstić information content (AvgIpc) is 3.29. The van der Waals surface area contributed by atoms with E-state index in [1.807, 2.05) is 18.2 Å². The number of carbonyl (C=O) groups is 1. The molecule has 0 unspecified atom stereocenters. The van der Waals surface area contributed by atoms with Crippen molar-refractivity contribution in [2.24, 2.45) is 5.92 Å². The zero-order valence-corrected chi connectivity index (χ0v) is 21.0. The van der Waals surface area contributed by atoms with E-state index in [1.165, 1.54) is 25.3 Å². The summed E-state index contributed by atoms with van der Waals surface area (Å²) in [6, 6.07) is 13.3. The summed E-state index contributed by atoms with van der Waals surface area (Å²) in [5, 5.41) is 2.84. The van der Waals surface area contributed by atoms with E-state index in [1.54, 1.807) is 6.07 Å². The van der Waals surface area contributed by atoms with Crippen molar-refractivity contribution in [1.29, 1.82) is 0 Å². The number of imidazole rings is 1. The molecule has 6 nitrogen and oxygen atoms in total. The zero-order chi connectivity index (χ0) is 25.8. The molecule has 2 aliphatic rings. The molecule has 9 heteroatoms. The van der Waals surface area contributed by atoms with Gasteiger partial charge in [0.1, 0.15) is 0 Å². The Kier molecular flexibility index (Phi) is 7.69. The molecular weight excluding hydrogens is 479 g/mol. The van der Waals surface area contributed by atoms with Crippen molar-refractivity contribution in [1.82, 2.24) is 19.8 Å². The van der Waals surface area contributed by atoms with Crippen LogP contribution in [-0.4, -0.2) is 53.1 Å². The molecule has 2 saturated heterocycles. The summed E-state index contributed by atoms with van der Waals surface area (Å²) in [5.41, 5.74) is 1.87. The third-order valence-corrected chi connectivity index (χ3v) is 7.59. The molecule has 2 aromatic carbocycles. The number of para-hydroxylation sites is 2. The molecule has 3 heterocycles. The number of hydrogen-bond donors (Lipinski definition) is 1. The van der Waals surface area contributed by atoms with Gasteiger partial charge in [-0.3, -0.25) is 4.79 Å². The standard InChI is InChI=1S/C28H34F3N5O/c29-28(30,31)23-8-6-7-21(19-23)20-32-26(37)22-11-15-35(16-12-22)27-33-24-9-2-3-10-25(24)36(27)18-17-34-13-4-1-5-14-34/h2-3,6-10,19,22H,1,4-5,11-18,20H2,(H,32,37). The van der Waals surface area contributed by atoms with Gasteiger partial charge < -0.3 is 19.7 Å². The third kappa shape index (κ3) is 6.09. The van der Waals surface area contributed by atoms with Crippen molar-refractivity contribution in [3.63, 3.8) is 0 Å². The Morgan fingerprint density at radius 3 is 2.46 bits per heavy atom. The van der Waals surface area contributed by atoms with E-state index in [9.17, 15) is 18.0 Å². The number of piperidine rings is 2. The van der Waals surface area contributed by atoms with Gasteiger partial charge in [0.2, 0.25) is 11.9 Å². The van der Waals surface area contributed by atoms with Crippen LogP contribution >= 0.6 is 0 Å². The van der Waals surface area contributed by atoms with Crippen LogP contribution in [0.15, 0.2) is 48.5 Å². The number of nitrogens with one attached hydrogen (secondary N) is 1. The minimum Gasteiger partial charge on any atom is -0.352 e. The Balaban J connectivity index is 1.20. The van der Waals surface area contributed by atoms with Gasteiger partial charge in [0.05, 0.1) is 16.6 Å². The van der Waals surface area contributed by atoms with Crippen molar-refractivity contribution in [3.05, 3.63) is 59.7 Å². The van der Waals surface area contributed by atoms with Crippen molar-refractivity contribution >= 4 is 22.9 Å². The Bertz CT molecular complexity index is 1210. The van der Waals surface area contributed by atoms with Crippen LogP contribution in [0.1, 0.15) is 43.2 Å². The lowest BCUT2D eigenvalue weighted by atomic mass is 9.96. The number of carbonyl (C=O) groups excluding carboxylic acids is 1. The molecule has 2 fully saturated rings. The molecular formula is C28H34F3N5O. The molecule has 198 valence electrons. The lowest BCUT2D eigenvalue weighted by Gasteiger charge is -2.33. The summed E-state index contributed by atoms with van der Waals surface area (Å²) in [7, 11) is 0. The minimum atomic E-state index is -4.39. The van der Waals surface area contributed by atoms with Crippen LogP contribution in [0.3, 0.4) is 0 Å². The normalized spacial score (nSPS) is 17.9. The lowest BCUT2D eigenvalue weighted by molar-refractivity contribution is -0.137. The van der Waals surface area contributed by atoms with Gasteiger partial charge in [-0.05, 0) is 68.6 Å². The fourth-order valence-corrected chi connectivity index (χ4v) is 5.48. The van der Waals surface area contributed by atoms with Gasteiger partial charge in [-0.2, -0.15) is 13.2 Å². The Labute approximate surface area is 215 Å². The molecule has 0 radical (unpaired) electrons. The van der Waals surface area contributed by atoms with Gasteiger partial charge in [0.25, 0.3) is 0 Å². The molecule has 0 bridgehead atoms. The maximum Gasteiger partial charge on any atom is 0.416 e. The molecule has 2 aliphatic heterocycles. The van der Waals surface area contributed by atoms with E-state index in [0.717, 1.165) is 55.3 Å². The second-order valence-corrected chi connectivity index (χ2v) is 10.1. The van der Waals surface area contributed by atoms with Crippen molar-refractivity contribution < 1.29 is 18.0 Å². The van der Waals surface area contributed by atoms with Crippen LogP contribution < -0.4 is 10.2 Å². The van der Waals surface area contributed by atoms with E-state index in [2.05, 4.69) is 25.8 Å². The second kappa shape index (κ2) is 11.1. The maximum atomic E-state index is 13.0. The van der Waals surface area contributed by atoms with Crippen LogP contribution in [0.4, 0.5) is 19.1 Å². The fraction of sp³-hybridized carbons (Fsp3) is 0.500. The van der Waals surface area contributed by atoms with Gasteiger partial charge >= 0.3 is 6.18 Å². The average molecular weight is 514 g/mol. The highest BCUT2D eigenvalue weighted by Crippen LogP contribution is 2.30. The van der Waals surface area contributed by atoms with Gasteiger partial charge in [-0.1, -0.05) is 30.7 Å². The first-order chi connectivity index (χ1) is 17.9. The molecule has 5 rings (SSSR count). The quantitative estimate of drug-likeness (QED) is 0.479. The van der Waals surface area contributed by atoms with Crippen LogP contribution in [0.5, 0.6) is 0 Å². The lowest BCUT2D eigenvalue weighted by Crippen LogP contribution is -2.41. The zero-order valence-electron chi connectivity index (χ0n) is 21.0. The van der Waals surface area contributed by atoms with Crippen LogP contribution in [0.25, 0.3) is 11.0 Å². The number of halogens is 3. The maximum absolute atomic E-state index is 13.0. The fourth-order valence-electron chi connectivity index (χ4n) is 5.48. The molecule has 1 amide bonds. The topological polar surface area (TPSA) is 53.4 Å². The minimum absolute atomic E-state index is 0.0925. The first kappa shape index (κ1) is 25.6. The van der Waals surface area contributed by atoms with E-state index in [0.29, 0.717) is 31.5 Å². The summed E-state index contributed by atoms with van der Waals surface area (Å²) >= 11 is 0. The van der Waals surface area contributed by atoms with Crippen LogP contribution in [-0.2, 0) is 24.1 Å². The SMILES string of the molecule is O=C(NCc1cccc(C(F)(F)F)c1)C1CCN(c2nc3ccccc3n2CCN2CCCCC2)CC1. The van der Waals surface area contributed by atoms with Crippen LogP contribution in [0, 0.1) is 5.92 Å². The van der Waals surface area contributed by atoms with Gasteiger partial charge in [0.15, 0.2) is 0 Å². The van der Waals surface area contributed by atoms with E-state index in [4.69, 9.17) is 4.98 Å². The number of aromatic nitrogens is 2. The van der Waals surface area contributed by atoms with Gasteiger partial charge in [-0.15, -0.1) is 0 Å². The number of anilines is 1. The molecule has 1 N–H and O–H groups in total. The Hall–Kier alpha value is -3.07. The third-order valence-electron chi connectivity index (χ3n) is 7.59. The highest BCUT2D eigenvalue weighted by atomic mass is 19.4. The van der Waals surface area contributed by atoms with Crippen molar-refractivity contribution in [3.8, 4) is 0 Å². The molecule has 0 saturated carbocycles. The number of amides is 1.